The van der Waals surface area contributed by atoms with Crippen molar-refractivity contribution in [2.75, 3.05) is 33.4 Å². The van der Waals surface area contributed by atoms with E-state index in [4.69, 9.17) is 9.47 Å². The molecule has 2 aromatic carbocycles. The zero-order chi connectivity index (χ0) is 22.5. The second-order valence-electron chi connectivity index (χ2n) is 8.31. The normalized spacial score (nSPS) is 14.0. The number of morpholine rings is 1. The van der Waals surface area contributed by atoms with Gasteiger partial charge in [0.25, 0.3) is 5.91 Å². The third-order valence-electron chi connectivity index (χ3n) is 6.05. The lowest BCUT2D eigenvalue weighted by molar-refractivity contribution is 0.0304. The number of nitrogens with zero attached hydrogens (tertiary/aromatic N) is 2. The molecule has 0 atom stereocenters. The van der Waals surface area contributed by atoms with Gasteiger partial charge in [-0.3, -0.25) is 4.79 Å². The maximum absolute atomic E-state index is 13.2. The van der Waals surface area contributed by atoms with Crippen LogP contribution in [0.2, 0.25) is 0 Å². The number of aromatic nitrogens is 1. The molecule has 6 nitrogen and oxygen atoms in total. The van der Waals surface area contributed by atoms with Crippen LogP contribution in [0.1, 0.15) is 44.7 Å². The molecule has 0 saturated carbocycles. The topological polar surface area (TPSA) is 60.8 Å². The molecule has 3 aromatic rings. The number of esters is 1. The average molecular weight is 435 g/mol. The number of amides is 1. The van der Waals surface area contributed by atoms with Gasteiger partial charge < -0.3 is 18.9 Å². The highest BCUT2D eigenvalue weighted by molar-refractivity contribution is 6.07. The molecule has 0 bridgehead atoms. The molecule has 0 N–H and O–H groups in total. The van der Waals surface area contributed by atoms with E-state index in [1.807, 2.05) is 35.4 Å². The fourth-order valence-corrected chi connectivity index (χ4v) is 4.24. The molecule has 0 aliphatic carbocycles. The molecule has 0 spiro atoms. The van der Waals surface area contributed by atoms with Crippen LogP contribution in [0.25, 0.3) is 10.9 Å². The first-order chi connectivity index (χ1) is 15.6. The van der Waals surface area contributed by atoms with Gasteiger partial charge in [-0.1, -0.05) is 23.8 Å². The Labute approximate surface area is 188 Å². The van der Waals surface area contributed by atoms with Gasteiger partial charge in [0.2, 0.25) is 0 Å². The second-order valence-corrected chi connectivity index (χ2v) is 8.31. The van der Waals surface area contributed by atoms with Gasteiger partial charge in [0.1, 0.15) is 0 Å². The number of benzene rings is 2. The van der Waals surface area contributed by atoms with Gasteiger partial charge in [0, 0.05) is 36.7 Å². The van der Waals surface area contributed by atoms with Crippen molar-refractivity contribution < 1.29 is 19.1 Å². The number of carbonyl (C=O) groups is 2. The Kier molecular flexibility index (Phi) is 6.90. The first kappa shape index (κ1) is 22.1. The first-order valence-electron chi connectivity index (χ1n) is 11.2. The van der Waals surface area contributed by atoms with Crippen LogP contribution >= 0.6 is 0 Å². The molecule has 1 saturated heterocycles. The van der Waals surface area contributed by atoms with Crippen LogP contribution in [0.3, 0.4) is 0 Å². The highest BCUT2D eigenvalue weighted by Gasteiger charge is 2.22. The summed E-state index contributed by atoms with van der Waals surface area (Å²) in [4.78, 5) is 26.6. The number of methoxy groups -OCH3 is 1. The molecular formula is C26H30N2O4. The van der Waals surface area contributed by atoms with Gasteiger partial charge in [0.05, 0.1) is 31.5 Å². The van der Waals surface area contributed by atoms with Crippen molar-refractivity contribution in [1.82, 2.24) is 9.47 Å². The van der Waals surface area contributed by atoms with Crippen molar-refractivity contribution in [2.24, 2.45) is 0 Å². The number of hydrogen-bond acceptors (Lipinski definition) is 4. The van der Waals surface area contributed by atoms with Gasteiger partial charge in [-0.15, -0.1) is 0 Å². The Morgan fingerprint density at radius 3 is 2.50 bits per heavy atom. The molecule has 1 aliphatic heterocycles. The van der Waals surface area contributed by atoms with E-state index in [9.17, 15) is 9.59 Å². The fraction of sp³-hybridized carbons (Fsp3) is 0.385. The minimum Gasteiger partial charge on any atom is -0.465 e. The molecule has 0 unspecified atom stereocenters. The summed E-state index contributed by atoms with van der Waals surface area (Å²) in [6, 6.07) is 13.9. The molecule has 0 radical (unpaired) electrons. The molecule has 1 aromatic heterocycles. The minimum absolute atomic E-state index is 0.0911. The Bertz CT molecular complexity index is 1090. The molecule has 1 fully saturated rings. The van der Waals surface area contributed by atoms with Crippen LogP contribution in [0.4, 0.5) is 0 Å². The number of aryl methyl sites for hydroxylation is 3. The predicted molar refractivity (Wildman–Crippen MR) is 124 cm³/mol. The average Bonchev–Trinajstić information content (AvgIpc) is 3.19. The number of carbonyl (C=O) groups excluding carboxylic acids is 2. The highest BCUT2D eigenvalue weighted by Crippen LogP contribution is 2.25. The molecule has 168 valence electrons. The maximum atomic E-state index is 13.2. The molecule has 1 aliphatic rings. The predicted octanol–water partition coefficient (Wildman–Crippen LogP) is 4.23. The third kappa shape index (κ3) is 4.86. The van der Waals surface area contributed by atoms with Crippen molar-refractivity contribution in [3.8, 4) is 0 Å². The minimum atomic E-state index is -0.311. The summed E-state index contributed by atoms with van der Waals surface area (Å²) < 4.78 is 12.4. The summed E-state index contributed by atoms with van der Waals surface area (Å²) in [5, 5.41) is 1.03. The zero-order valence-corrected chi connectivity index (χ0v) is 18.8. The van der Waals surface area contributed by atoms with Crippen molar-refractivity contribution in [2.45, 2.75) is 32.7 Å². The monoisotopic (exact) mass is 434 g/mol. The number of fused-ring (bicyclic) bond motifs is 1. The summed E-state index contributed by atoms with van der Waals surface area (Å²) in [5.41, 5.74) is 4.82. The second kappa shape index (κ2) is 10.0. The Morgan fingerprint density at radius 2 is 1.78 bits per heavy atom. The third-order valence-corrected chi connectivity index (χ3v) is 6.05. The first-order valence-corrected chi connectivity index (χ1v) is 11.2. The molecule has 6 heteroatoms. The molecule has 4 rings (SSSR count). The highest BCUT2D eigenvalue weighted by atomic mass is 16.5. The van der Waals surface area contributed by atoms with E-state index < -0.39 is 0 Å². The number of rotatable bonds is 7. The van der Waals surface area contributed by atoms with E-state index in [0.717, 1.165) is 47.8 Å². The number of ether oxygens (including phenoxy) is 2. The van der Waals surface area contributed by atoms with E-state index in [0.29, 0.717) is 31.9 Å². The standard InChI is InChI=1S/C26H30N2O4/c1-19-6-11-24-22(17-19)23(25(29)27-13-15-32-16-14-27)18-28(24)12-4-3-5-20-7-9-21(10-8-20)26(30)31-2/h6-11,17-18H,3-5,12-16H2,1-2H3. The quantitative estimate of drug-likeness (QED) is 0.412. The fourth-order valence-electron chi connectivity index (χ4n) is 4.24. The molecule has 1 amide bonds. The summed E-state index contributed by atoms with van der Waals surface area (Å²) in [6.45, 7) is 5.41. The van der Waals surface area contributed by atoms with Crippen molar-refractivity contribution in [1.29, 1.82) is 0 Å². The molecular weight excluding hydrogens is 404 g/mol. The lowest BCUT2D eigenvalue weighted by Gasteiger charge is -2.26. The van der Waals surface area contributed by atoms with Crippen LogP contribution in [0.5, 0.6) is 0 Å². The van der Waals surface area contributed by atoms with E-state index in [2.05, 4.69) is 29.7 Å². The van der Waals surface area contributed by atoms with Gasteiger partial charge in [-0.05, 0) is 56.0 Å². The van der Waals surface area contributed by atoms with Gasteiger partial charge in [0.15, 0.2) is 0 Å². The number of hydrogen-bond donors (Lipinski definition) is 0. The lowest BCUT2D eigenvalue weighted by Crippen LogP contribution is -2.40. The Balaban J connectivity index is 1.42. The van der Waals surface area contributed by atoms with Crippen molar-refractivity contribution >= 4 is 22.8 Å². The Hall–Kier alpha value is -3.12. The van der Waals surface area contributed by atoms with E-state index in [1.54, 1.807) is 0 Å². The van der Waals surface area contributed by atoms with Gasteiger partial charge >= 0.3 is 5.97 Å². The summed E-state index contributed by atoms with van der Waals surface area (Å²) in [6.07, 6.45) is 4.99. The maximum Gasteiger partial charge on any atom is 0.337 e. The number of unbranched alkanes of at least 4 members (excludes halogenated alkanes) is 1. The SMILES string of the molecule is COC(=O)c1ccc(CCCCn2cc(C(=O)N3CCOCC3)c3cc(C)ccc32)cc1. The van der Waals surface area contributed by atoms with Crippen LogP contribution in [0.15, 0.2) is 48.7 Å². The van der Waals surface area contributed by atoms with E-state index in [-0.39, 0.29) is 11.9 Å². The lowest BCUT2D eigenvalue weighted by atomic mass is 10.1. The summed E-state index contributed by atoms with van der Waals surface area (Å²) >= 11 is 0. The van der Waals surface area contributed by atoms with E-state index >= 15 is 0 Å². The van der Waals surface area contributed by atoms with E-state index in [1.165, 1.54) is 12.7 Å². The largest absolute Gasteiger partial charge is 0.465 e. The van der Waals surface area contributed by atoms with Crippen LogP contribution in [-0.4, -0.2) is 54.8 Å². The molecule has 2 heterocycles. The van der Waals surface area contributed by atoms with Crippen molar-refractivity contribution in [3.63, 3.8) is 0 Å². The molecule has 32 heavy (non-hydrogen) atoms. The van der Waals surface area contributed by atoms with Crippen molar-refractivity contribution in [3.05, 3.63) is 70.9 Å². The summed E-state index contributed by atoms with van der Waals surface area (Å²) in [7, 11) is 1.39. The van der Waals surface area contributed by atoms with Crippen LogP contribution in [0, 0.1) is 6.92 Å². The zero-order valence-electron chi connectivity index (χ0n) is 18.8. The Morgan fingerprint density at radius 1 is 1.03 bits per heavy atom. The van der Waals surface area contributed by atoms with Crippen LogP contribution in [-0.2, 0) is 22.4 Å². The summed E-state index contributed by atoms with van der Waals surface area (Å²) in [5.74, 6) is -0.220. The van der Waals surface area contributed by atoms with Gasteiger partial charge in [-0.25, -0.2) is 4.79 Å². The smallest absolute Gasteiger partial charge is 0.337 e. The van der Waals surface area contributed by atoms with Gasteiger partial charge in [-0.2, -0.15) is 0 Å². The van der Waals surface area contributed by atoms with Crippen LogP contribution < -0.4 is 0 Å².